The lowest BCUT2D eigenvalue weighted by atomic mass is 10.1. The van der Waals surface area contributed by atoms with Gasteiger partial charge < -0.3 is 14.0 Å². The van der Waals surface area contributed by atoms with Gasteiger partial charge in [0.2, 0.25) is 0 Å². The Labute approximate surface area is 153 Å². The van der Waals surface area contributed by atoms with Crippen LogP contribution in [0.25, 0.3) is 11.0 Å². The fourth-order valence-corrected chi connectivity index (χ4v) is 3.89. The van der Waals surface area contributed by atoms with E-state index in [-0.39, 0.29) is 10.9 Å². The van der Waals surface area contributed by atoms with Gasteiger partial charge in [0, 0.05) is 34.5 Å². The Balaban J connectivity index is 2.09. The molecule has 0 saturated heterocycles. The topological polar surface area (TPSA) is 66.2 Å². The Morgan fingerprint density at radius 3 is 2.76 bits per heavy atom. The molecule has 1 atom stereocenters. The van der Waals surface area contributed by atoms with Crippen LogP contribution in [0.5, 0.6) is 11.5 Å². The highest BCUT2D eigenvalue weighted by Crippen LogP contribution is 2.27. The zero-order chi connectivity index (χ0) is 20.6. The molecule has 25 heavy (non-hydrogen) atoms. The van der Waals surface area contributed by atoms with E-state index in [9.17, 15) is 4.21 Å². The third-order valence-corrected chi connectivity index (χ3v) is 5.27. The van der Waals surface area contributed by atoms with Crippen molar-refractivity contribution in [3.63, 3.8) is 0 Å². The predicted molar refractivity (Wildman–Crippen MR) is 97.6 cm³/mol. The third kappa shape index (κ3) is 3.11. The first-order valence-corrected chi connectivity index (χ1v) is 8.93. The standard InChI is InChI=1S/C18H21N3O3S/c1-11-9-19-15(12(2)17(11)24-5)10-25(22)18-20-14-8-13(23-4)6-7-16(14)21(18)3/h6-9H,10H2,1-5H3/t25-/m0/s1/i3D3. The van der Waals surface area contributed by atoms with Gasteiger partial charge in [-0.3, -0.25) is 9.19 Å². The molecule has 0 fully saturated rings. The van der Waals surface area contributed by atoms with Crippen molar-refractivity contribution in [1.82, 2.24) is 14.5 Å². The van der Waals surface area contributed by atoms with Crippen molar-refractivity contribution in [3.05, 3.63) is 41.2 Å². The number of aromatic nitrogens is 3. The van der Waals surface area contributed by atoms with Gasteiger partial charge in [-0.25, -0.2) is 4.98 Å². The summed E-state index contributed by atoms with van der Waals surface area (Å²) >= 11 is 0. The number of fused-ring (bicyclic) bond motifs is 1. The van der Waals surface area contributed by atoms with Gasteiger partial charge in [-0.15, -0.1) is 0 Å². The van der Waals surface area contributed by atoms with Crippen molar-refractivity contribution >= 4 is 21.8 Å². The SMILES string of the molecule is [2H]C([2H])([2H])n1c([S@@](=O)Cc2ncc(C)c(OC)c2C)nc2cc(OC)ccc21. The summed E-state index contributed by atoms with van der Waals surface area (Å²) in [5, 5.41) is -0.0241. The lowest BCUT2D eigenvalue weighted by Gasteiger charge is -2.12. The van der Waals surface area contributed by atoms with E-state index in [4.69, 9.17) is 13.6 Å². The molecule has 2 aromatic heterocycles. The number of benzene rings is 1. The quantitative estimate of drug-likeness (QED) is 0.698. The smallest absolute Gasteiger partial charge is 0.200 e. The van der Waals surface area contributed by atoms with Gasteiger partial charge in [0.25, 0.3) is 0 Å². The molecule has 0 radical (unpaired) electrons. The monoisotopic (exact) mass is 362 g/mol. The summed E-state index contributed by atoms with van der Waals surface area (Å²) in [6.07, 6.45) is 1.65. The first-order chi connectivity index (χ1) is 13.2. The largest absolute Gasteiger partial charge is 0.497 e. The molecule has 1 aromatic carbocycles. The normalized spacial score (nSPS) is 14.6. The van der Waals surface area contributed by atoms with Gasteiger partial charge in [-0.2, -0.15) is 0 Å². The van der Waals surface area contributed by atoms with Crippen molar-refractivity contribution in [1.29, 1.82) is 0 Å². The maximum absolute atomic E-state index is 13.1. The fraction of sp³-hybridized carbons (Fsp3) is 0.333. The third-order valence-electron chi connectivity index (χ3n) is 4.05. The molecular weight excluding hydrogens is 338 g/mol. The van der Waals surface area contributed by atoms with Gasteiger partial charge in [0.1, 0.15) is 11.5 Å². The number of rotatable bonds is 5. The Kier molecular flexibility index (Phi) is 3.78. The zero-order valence-corrected chi connectivity index (χ0v) is 15.3. The second-order valence-electron chi connectivity index (χ2n) is 5.62. The molecule has 0 unspecified atom stereocenters. The molecular formula is C18H21N3O3S. The van der Waals surface area contributed by atoms with E-state index >= 15 is 0 Å². The van der Waals surface area contributed by atoms with Crippen LogP contribution in [0.15, 0.2) is 29.6 Å². The van der Waals surface area contributed by atoms with E-state index in [2.05, 4.69) is 9.97 Å². The van der Waals surface area contributed by atoms with Crippen molar-refractivity contribution < 1.29 is 17.8 Å². The van der Waals surface area contributed by atoms with Crippen molar-refractivity contribution in [3.8, 4) is 11.5 Å². The first kappa shape index (κ1) is 13.8. The molecule has 3 aromatic rings. The van der Waals surface area contributed by atoms with Crippen LogP contribution in [0, 0.1) is 13.8 Å². The number of aryl methyl sites for hydroxylation is 2. The van der Waals surface area contributed by atoms with E-state index in [0.29, 0.717) is 28.2 Å². The molecule has 3 rings (SSSR count). The number of nitrogens with zero attached hydrogens (tertiary/aromatic N) is 3. The molecule has 132 valence electrons. The predicted octanol–water partition coefficient (Wildman–Crippen LogP) is 2.91. The number of methoxy groups -OCH3 is 2. The van der Waals surface area contributed by atoms with E-state index in [1.54, 1.807) is 31.5 Å². The molecule has 0 aliphatic rings. The van der Waals surface area contributed by atoms with Gasteiger partial charge in [-0.05, 0) is 26.0 Å². The highest BCUT2D eigenvalue weighted by molar-refractivity contribution is 7.84. The molecule has 7 heteroatoms. The van der Waals surface area contributed by atoms with Gasteiger partial charge in [0.15, 0.2) is 5.16 Å². The van der Waals surface area contributed by atoms with E-state index < -0.39 is 17.8 Å². The van der Waals surface area contributed by atoms with E-state index in [0.717, 1.165) is 15.7 Å². The number of imidazole rings is 1. The minimum Gasteiger partial charge on any atom is -0.497 e. The Morgan fingerprint density at radius 1 is 1.28 bits per heavy atom. The maximum Gasteiger partial charge on any atom is 0.200 e. The number of hydrogen-bond donors (Lipinski definition) is 0. The Hall–Kier alpha value is -2.41. The summed E-state index contributed by atoms with van der Waals surface area (Å²) in [5.74, 6) is 1.25. The molecule has 0 bridgehead atoms. The maximum atomic E-state index is 13.1. The lowest BCUT2D eigenvalue weighted by Crippen LogP contribution is -2.07. The highest BCUT2D eigenvalue weighted by Gasteiger charge is 2.18. The number of ether oxygens (including phenoxy) is 2. The van der Waals surface area contributed by atoms with Gasteiger partial charge >= 0.3 is 0 Å². The van der Waals surface area contributed by atoms with Crippen molar-refractivity contribution in [2.45, 2.75) is 24.8 Å². The lowest BCUT2D eigenvalue weighted by molar-refractivity contribution is 0.407. The summed E-state index contributed by atoms with van der Waals surface area (Å²) in [6.45, 7) is 1.19. The summed E-state index contributed by atoms with van der Waals surface area (Å²) < 4.78 is 48.3. The molecule has 0 aliphatic carbocycles. The highest BCUT2D eigenvalue weighted by atomic mass is 32.2. The fourth-order valence-electron chi connectivity index (χ4n) is 2.72. The summed E-state index contributed by atoms with van der Waals surface area (Å²) in [4.78, 5) is 8.69. The minimum absolute atomic E-state index is 0.0241. The average Bonchev–Trinajstić information content (AvgIpc) is 3.03. The van der Waals surface area contributed by atoms with Crippen molar-refractivity contribution in [2.75, 3.05) is 14.2 Å². The second-order valence-corrected chi connectivity index (χ2v) is 6.97. The van der Waals surface area contributed by atoms with Gasteiger partial charge in [-0.1, -0.05) is 0 Å². The van der Waals surface area contributed by atoms with Crippen LogP contribution < -0.4 is 9.47 Å². The van der Waals surface area contributed by atoms with Crippen LogP contribution in [0.1, 0.15) is 20.9 Å². The Morgan fingerprint density at radius 2 is 2.08 bits per heavy atom. The van der Waals surface area contributed by atoms with E-state index in [1.165, 1.54) is 7.11 Å². The minimum atomic E-state index is -2.53. The average molecular weight is 362 g/mol. The molecule has 0 N–H and O–H groups in total. The molecule has 6 nitrogen and oxygen atoms in total. The van der Waals surface area contributed by atoms with Gasteiger partial charge in [0.05, 0.1) is 47.5 Å². The van der Waals surface area contributed by atoms with Crippen molar-refractivity contribution in [2.24, 2.45) is 6.98 Å². The zero-order valence-electron chi connectivity index (χ0n) is 17.5. The molecule has 0 aliphatic heterocycles. The summed E-state index contributed by atoms with van der Waals surface area (Å²) in [5.41, 5.74) is 2.99. The van der Waals surface area contributed by atoms with Crippen LogP contribution in [0.3, 0.4) is 0 Å². The number of pyridine rings is 1. The van der Waals surface area contributed by atoms with Crippen LogP contribution in [-0.4, -0.2) is 33.0 Å². The summed E-state index contributed by atoms with van der Waals surface area (Å²) in [6, 6.07) is 4.87. The Bertz CT molecular complexity index is 1060. The van der Waals surface area contributed by atoms with Crippen LogP contribution in [-0.2, 0) is 23.5 Å². The van der Waals surface area contributed by atoms with Crippen LogP contribution in [0.4, 0.5) is 0 Å². The molecule has 0 amide bonds. The van der Waals surface area contributed by atoms with Crippen LogP contribution >= 0.6 is 0 Å². The van der Waals surface area contributed by atoms with E-state index in [1.807, 2.05) is 13.8 Å². The molecule has 0 spiro atoms. The summed E-state index contributed by atoms with van der Waals surface area (Å²) in [7, 11) is 1.35. The molecule has 0 saturated carbocycles. The number of hydrogen-bond acceptors (Lipinski definition) is 5. The molecule has 2 heterocycles. The van der Waals surface area contributed by atoms with Crippen LogP contribution in [0.2, 0.25) is 0 Å². The first-order valence-electron chi connectivity index (χ1n) is 9.11. The second kappa shape index (κ2) is 6.84.